The van der Waals surface area contributed by atoms with Crippen LogP contribution in [0.15, 0.2) is 18.2 Å². The summed E-state index contributed by atoms with van der Waals surface area (Å²) < 4.78 is 5.33. The molecule has 0 spiro atoms. The lowest BCUT2D eigenvalue weighted by molar-refractivity contribution is -0.00195. The lowest BCUT2D eigenvalue weighted by Gasteiger charge is -2.34. The molecule has 1 aromatic rings. The fourth-order valence-corrected chi connectivity index (χ4v) is 3.00. The van der Waals surface area contributed by atoms with Gasteiger partial charge in [-0.2, -0.15) is 0 Å². The van der Waals surface area contributed by atoms with E-state index in [9.17, 15) is 5.11 Å². The van der Waals surface area contributed by atoms with Crippen LogP contribution in [-0.2, 0) is 12.1 Å². The molecule has 1 aromatic carbocycles. The van der Waals surface area contributed by atoms with E-state index in [1.54, 1.807) is 7.11 Å². The Morgan fingerprint density at radius 2 is 1.89 bits per heavy atom. The zero-order chi connectivity index (χ0) is 13.9. The third kappa shape index (κ3) is 3.28. The normalized spacial score (nSPS) is 18.6. The molecule has 3 heteroatoms. The average Bonchev–Trinajstić information content (AvgIpc) is 2.39. The third-order valence-electron chi connectivity index (χ3n) is 3.99. The number of hydrogen-bond donors (Lipinski definition) is 1. The van der Waals surface area contributed by atoms with E-state index in [4.69, 9.17) is 4.74 Å². The monoisotopic (exact) mass is 263 g/mol. The van der Waals surface area contributed by atoms with Gasteiger partial charge in [-0.05, 0) is 50.2 Å². The number of nitrogens with zero attached hydrogens (tertiary/aromatic N) is 1. The summed E-state index contributed by atoms with van der Waals surface area (Å²) in [5, 5.41) is 11.0. The first kappa shape index (κ1) is 14.4. The van der Waals surface area contributed by atoms with Crippen LogP contribution in [0.2, 0.25) is 0 Å². The van der Waals surface area contributed by atoms with E-state index in [-0.39, 0.29) is 0 Å². The largest absolute Gasteiger partial charge is 0.497 e. The predicted molar refractivity (Wildman–Crippen MR) is 77.4 cm³/mol. The van der Waals surface area contributed by atoms with Gasteiger partial charge >= 0.3 is 0 Å². The lowest BCUT2D eigenvalue weighted by Crippen LogP contribution is -2.30. The van der Waals surface area contributed by atoms with Crippen LogP contribution in [0.5, 0.6) is 5.75 Å². The minimum atomic E-state index is -0.669. The summed E-state index contributed by atoms with van der Waals surface area (Å²) in [6.07, 6.45) is 5.17. The summed E-state index contributed by atoms with van der Waals surface area (Å²) in [6, 6.07) is 6.08. The van der Waals surface area contributed by atoms with Gasteiger partial charge in [-0.3, -0.25) is 0 Å². The average molecular weight is 263 g/mol. The topological polar surface area (TPSA) is 32.7 Å². The Labute approximate surface area is 116 Å². The number of ether oxygens (including phenoxy) is 1. The summed E-state index contributed by atoms with van der Waals surface area (Å²) in [5.41, 5.74) is 1.59. The van der Waals surface area contributed by atoms with Gasteiger partial charge < -0.3 is 14.7 Å². The Kier molecular flexibility index (Phi) is 4.48. The van der Waals surface area contributed by atoms with Crippen LogP contribution >= 0.6 is 0 Å². The van der Waals surface area contributed by atoms with E-state index >= 15 is 0 Å². The highest BCUT2D eigenvalue weighted by atomic mass is 16.5. The van der Waals surface area contributed by atoms with E-state index < -0.39 is 5.60 Å². The van der Waals surface area contributed by atoms with Crippen molar-refractivity contribution in [3.63, 3.8) is 0 Å². The fraction of sp³-hybridized carbons (Fsp3) is 0.625. The van der Waals surface area contributed by atoms with Gasteiger partial charge in [-0.25, -0.2) is 0 Å². The van der Waals surface area contributed by atoms with Crippen molar-refractivity contribution in [3.8, 4) is 5.75 Å². The molecule has 0 bridgehead atoms. The molecular weight excluding hydrogens is 238 g/mol. The van der Waals surface area contributed by atoms with Crippen molar-refractivity contribution < 1.29 is 9.84 Å². The third-order valence-corrected chi connectivity index (χ3v) is 3.99. The molecule has 0 heterocycles. The van der Waals surface area contributed by atoms with E-state index in [1.807, 2.05) is 12.1 Å². The minimum absolute atomic E-state index is 0.669. The maximum atomic E-state index is 11.0. The van der Waals surface area contributed by atoms with Crippen LogP contribution in [0.3, 0.4) is 0 Å². The smallest absolute Gasteiger partial charge is 0.119 e. The van der Waals surface area contributed by atoms with Gasteiger partial charge in [0.05, 0.1) is 12.7 Å². The van der Waals surface area contributed by atoms with Gasteiger partial charge in [0.1, 0.15) is 5.75 Å². The first-order valence-electron chi connectivity index (χ1n) is 7.10. The van der Waals surface area contributed by atoms with E-state index in [0.717, 1.165) is 43.5 Å². The second-order valence-electron chi connectivity index (χ2n) is 5.85. The first-order chi connectivity index (χ1) is 9.05. The van der Waals surface area contributed by atoms with Gasteiger partial charge in [0, 0.05) is 6.54 Å². The van der Waals surface area contributed by atoms with Crippen molar-refractivity contribution in [2.45, 2.75) is 44.2 Å². The summed E-state index contributed by atoms with van der Waals surface area (Å²) in [6.45, 7) is 0.849. The van der Waals surface area contributed by atoms with Crippen LogP contribution in [-0.4, -0.2) is 31.2 Å². The Hall–Kier alpha value is -1.06. The molecule has 2 rings (SSSR count). The predicted octanol–water partition coefficient (Wildman–Crippen LogP) is 2.91. The fourth-order valence-electron chi connectivity index (χ4n) is 3.00. The highest BCUT2D eigenvalue weighted by Crippen LogP contribution is 2.40. The van der Waals surface area contributed by atoms with E-state index in [2.05, 4.69) is 25.1 Å². The van der Waals surface area contributed by atoms with Gasteiger partial charge in [0.15, 0.2) is 0 Å². The molecule has 0 radical (unpaired) electrons. The van der Waals surface area contributed by atoms with E-state index in [1.165, 1.54) is 12.0 Å². The molecule has 1 aliphatic rings. The molecule has 0 aromatic heterocycles. The molecule has 106 valence electrons. The van der Waals surface area contributed by atoms with Crippen LogP contribution in [0.4, 0.5) is 0 Å². The number of hydrogen-bond acceptors (Lipinski definition) is 3. The summed E-state index contributed by atoms with van der Waals surface area (Å²) in [4.78, 5) is 2.14. The van der Waals surface area contributed by atoms with Crippen molar-refractivity contribution in [3.05, 3.63) is 29.3 Å². The lowest BCUT2D eigenvalue weighted by atomic mass is 9.78. The van der Waals surface area contributed by atoms with Crippen LogP contribution in [0.25, 0.3) is 0 Å². The van der Waals surface area contributed by atoms with E-state index in [0.29, 0.717) is 0 Å². The molecule has 0 amide bonds. The Balaban J connectivity index is 2.38. The molecule has 1 N–H and O–H groups in total. The molecule has 0 saturated heterocycles. The van der Waals surface area contributed by atoms with Crippen molar-refractivity contribution in [1.82, 2.24) is 4.90 Å². The number of benzene rings is 1. The van der Waals surface area contributed by atoms with Gasteiger partial charge in [0.2, 0.25) is 0 Å². The van der Waals surface area contributed by atoms with Crippen LogP contribution in [0.1, 0.15) is 43.2 Å². The van der Waals surface area contributed by atoms with Crippen LogP contribution < -0.4 is 4.74 Å². The summed E-state index contributed by atoms with van der Waals surface area (Å²) in [5.74, 6) is 0.830. The Morgan fingerprint density at radius 3 is 2.47 bits per heavy atom. The number of rotatable bonds is 4. The summed E-state index contributed by atoms with van der Waals surface area (Å²) in [7, 11) is 5.79. The van der Waals surface area contributed by atoms with Crippen molar-refractivity contribution in [2.24, 2.45) is 0 Å². The Bertz CT molecular complexity index is 423. The van der Waals surface area contributed by atoms with Gasteiger partial charge in [0.25, 0.3) is 0 Å². The SMILES string of the molecule is COc1ccc(CN(C)C)c(C2(O)CCCCC2)c1. The number of aliphatic hydroxyl groups is 1. The zero-order valence-corrected chi connectivity index (χ0v) is 12.3. The molecule has 1 saturated carbocycles. The summed E-state index contributed by atoms with van der Waals surface area (Å²) >= 11 is 0. The maximum Gasteiger partial charge on any atom is 0.119 e. The molecule has 19 heavy (non-hydrogen) atoms. The molecule has 0 aliphatic heterocycles. The maximum absolute atomic E-state index is 11.0. The highest BCUT2D eigenvalue weighted by Gasteiger charge is 2.33. The molecule has 0 unspecified atom stereocenters. The minimum Gasteiger partial charge on any atom is -0.497 e. The Morgan fingerprint density at radius 1 is 1.21 bits per heavy atom. The second-order valence-corrected chi connectivity index (χ2v) is 5.85. The molecule has 3 nitrogen and oxygen atoms in total. The van der Waals surface area contributed by atoms with Crippen LogP contribution in [0, 0.1) is 0 Å². The molecular formula is C16H25NO2. The number of methoxy groups -OCH3 is 1. The zero-order valence-electron chi connectivity index (χ0n) is 12.3. The quantitative estimate of drug-likeness (QED) is 0.906. The standard InChI is InChI=1S/C16H25NO2/c1-17(2)12-13-7-8-14(19-3)11-15(13)16(18)9-5-4-6-10-16/h7-8,11,18H,4-6,9-10,12H2,1-3H3. The molecule has 1 fully saturated rings. The highest BCUT2D eigenvalue weighted by molar-refractivity contribution is 5.39. The van der Waals surface area contributed by atoms with Gasteiger partial charge in [-0.1, -0.05) is 25.3 Å². The van der Waals surface area contributed by atoms with Crippen molar-refractivity contribution in [2.75, 3.05) is 21.2 Å². The molecule has 1 aliphatic carbocycles. The van der Waals surface area contributed by atoms with Crippen molar-refractivity contribution in [1.29, 1.82) is 0 Å². The van der Waals surface area contributed by atoms with Crippen molar-refractivity contribution >= 4 is 0 Å². The second kappa shape index (κ2) is 5.93. The first-order valence-corrected chi connectivity index (χ1v) is 7.10. The molecule has 0 atom stereocenters. The van der Waals surface area contributed by atoms with Gasteiger partial charge in [-0.15, -0.1) is 0 Å².